The molecule has 2 heterocycles. The second-order valence-corrected chi connectivity index (χ2v) is 8.36. The van der Waals surface area contributed by atoms with Crippen molar-refractivity contribution in [2.45, 2.75) is 25.4 Å². The molecule has 9 heteroatoms. The van der Waals surface area contributed by atoms with Gasteiger partial charge in [-0.15, -0.1) is 0 Å². The minimum atomic E-state index is -4.53. The van der Waals surface area contributed by atoms with Crippen molar-refractivity contribution in [3.05, 3.63) is 69.9 Å². The van der Waals surface area contributed by atoms with E-state index >= 15 is 0 Å². The fourth-order valence-electron chi connectivity index (χ4n) is 3.70. The molecule has 1 amide bonds. The van der Waals surface area contributed by atoms with Crippen LogP contribution < -0.4 is 10.2 Å². The van der Waals surface area contributed by atoms with Crippen LogP contribution in [0.4, 0.5) is 24.5 Å². The lowest BCUT2D eigenvalue weighted by molar-refractivity contribution is -0.137. The molecule has 0 bridgehead atoms. The summed E-state index contributed by atoms with van der Waals surface area (Å²) < 4.78 is 45.5. The van der Waals surface area contributed by atoms with Gasteiger partial charge in [0, 0.05) is 23.7 Å². The molecule has 1 saturated heterocycles. The summed E-state index contributed by atoms with van der Waals surface area (Å²) in [5, 5.41) is 3.43. The molecule has 0 atom stereocenters. The van der Waals surface area contributed by atoms with Crippen LogP contribution in [0.5, 0.6) is 0 Å². The van der Waals surface area contributed by atoms with Crippen molar-refractivity contribution >= 4 is 40.5 Å². The minimum absolute atomic E-state index is 0.0574. The zero-order valence-corrected chi connectivity index (χ0v) is 18.3. The number of piperidine rings is 1. The number of benzene rings is 2. The number of hydrogen-bond donors (Lipinski definition) is 1. The highest BCUT2D eigenvalue weighted by Gasteiger charge is 2.32. The molecule has 32 heavy (non-hydrogen) atoms. The molecular formula is C23H19Cl2F3N2O2. The minimum Gasteiger partial charge on any atom is -0.451 e. The van der Waals surface area contributed by atoms with Crippen molar-refractivity contribution in [2.75, 3.05) is 23.3 Å². The van der Waals surface area contributed by atoms with Gasteiger partial charge in [0.25, 0.3) is 5.91 Å². The van der Waals surface area contributed by atoms with Gasteiger partial charge < -0.3 is 14.6 Å². The summed E-state index contributed by atoms with van der Waals surface area (Å²) >= 11 is 12.2. The fourth-order valence-corrected chi connectivity index (χ4v) is 4.08. The SMILES string of the molecule is O=C(Nc1cc(C(F)(F)F)ccc1N1CCCCC1)c1ccc(-c2cc(Cl)ccc2Cl)o1. The van der Waals surface area contributed by atoms with E-state index in [0.717, 1.165) is 31.4 Å². The van der Waals surface area contributed by atoms with Crippen molar-refractivity contribution < 1.29 is 22.4 Å². The van der Waals surface area contributed by atoms with Gasteiger partial charge in [-0.05, 0) is 67.8 Å². The van der Waals surface area contributed by atoms with Crippen LogP contribution in [0.2, 0.25) is 10.0 Å². The van der Waals surface area contributed by atoms with Crippen LogP contribution in [0.3, 0.4) is 0 Å². The molecule has 4 nitrogen and oxygen atoms in total. The van der Waals surface area contributed by atoms with Crippen molar-refractivity contribution in [3.63, 3.8) is 0 Å². The average Bonchev–Trinajstić information content (AvgIpc) is 3.25. The van der Waals surface area contributed by atoms with Crippen LogP contribution in [0, 0.1) is 0 Å². The Morgan fingerprint density at radius 3 is 2.44 bits per heavy atom. The van der Waals surface area contributed by atoms with Crippen LogP contribution in [0.1, 0.15) is 35.4 Å². The van der Waals surface area contributed by atoms with E-state index in [1.807, 2.05) is 4.90 Å². The number of anilines is 2. The largest absolute Gasteiger partial charge is 0.451 e. The van der Waals surface area contributed by atoms with E-state index in [9.17, 15) is 18.0 Å². The molecule has 1 aromatic heterocycles. The van der Waals surface area contributed by atoms with E-state index in [-0.39, 0.29) is 11.4 Å². The summed E-state index contributed by atoms with van der Waals surface area (Å²) in [6.07, 6.45) is -1.58. The van der Waals surface area contributed by atoms with E-state index in [1.54, 1.807) is 24.3 Å². The number of amides is 1. The average molecular weight is 483 g/mol. The summed E-state index contributed by atoms with van der Waals surface area (Å²) in [4.78, 5) is 14.8. The Morgan fingerprint density at radius 2 is 1.72 bits per heavy atom. The topological polar surface area (TPSA) is 45.5 Å². The van der Waals surface area contributed by atoms with Crippen molar-refractivity contribution in [1.82, 2.24) is 0 Å². The Morgan fingerprint density at radius 1 is 0.969 bits per heavy atom. The first-order valence-corrected chi connectivity index (χ1v) is 10.8. The zero-order valence-electron chi connectivity index (χ0n) is 16.8. The van der Waals surface area contributed by atoms with Crippen molar-refractivity contribution in [2.24, 2.45) is 0 Å². The molecule has 0 radical (unpaired) electrons. The molecular weight excluding hydrogens is 464 g/mol. The van der Waals surface area contributed by atoms with E-state index < -0.39 is 17.6 Å². The smallest absolute Gasteiger partial charge is 0.416 e. The first kappa shape index (κ1) is 22.6. The van der Waals surface area contributed by atoms with Gasteiger partial charge in [-0.3, -0.25) is 4.79 Å². The van der Waals surface area contributed by atoms with Gasteiger partial charge in [0.2, 0.25) is 0 Å². The van der Waals surface area contributed by atoms with Crippen LogP contribution in [-0.4, -0.2) is 19.0 Å². The summed E-state index contributed by atoms with van der Waals surface area (Å²) in [5.41, 5.74) is 0.312. The predicted molar refractivity (Wildman–Crippen MR) is 120 cm³/mol. The lowest BCUT2D eigenvalue weighted by Crippen LogP contribution is -2.30. The van der Waals surface area contributed by atoms with E-state index in [4.69, 9.17) is 27.6 Å². The standard InChI is InChI=1S/C23H19Cl2F3N2O2/c24-15-5-6-17(25)16(13-15)20-8-9-21(32-20)22(31)29-18-12-14(23(26,27)28)4-7-19(18)30-10-2-1-3-11-30/h4-9,12-13H,1-3,10-11H2,(H,29,31). The Labute approximate surface area is 192 Å². The second-order valence-electron chi connectivity index (χ2n) is 7.52. The maximum atomic E-state index is 13.3. The third-order valence-corrected chi connectivity index (χ3v) is 5.86. The highest BCUT2D eigenvalue weighted by Crippen LogP contribution is 2.37. The molecule has 1 aliphatic heterocycles. The van der Waals surface area contributed by atoms with Gasteiger partial charge in [0.1, 0.15) is 5.76 Å². The number of alkyl halides is 3. The number of carbonyl (C=O) groups excluding carboxylic acids is 1. The van der Waals surface area contributed by atoms with Crippen molar-refractivity contribution in [1.29, 1.82) is 0 Å². The number of nitrogens with zero attached hydrogens (tertiary/aromatic N) is 1. The fraction of sp³-hybridized carbons (Fsp3) is 0.261. The van der Waals surface area contributed by atoms with Crippen LogP contribution in [0.25, 0.3) is 11.3 Å². The lowest BCUT2D eigenvalue weighted by atomic mass is 10.1. The number of hydrogen-bond acceptors (Lipinski definition) is 3. The maximum Gasteiger partial charge on any atom is 0.416 e. The highest BCUT2D eigenvalue weighted by atomic mass is 35.5. The molecule has 1 fully saturated rings. The van der Waals surface area contributed by atoms with Crippen LogP contribution in [-0.2, 0) is 6.18 Å². The molecule has 0 aliphatic carbocycles. The van der Waals surface area contributed by atoms with E-state index in [0.29, 0.717) is 40.1 Å². The van der Waals surface area contributed by atoms with E-state index in [1.165, 1.54) is 12.1 Å². The number of rotatable bonds is 4. The maximum absolute atomic E-state index is 13.3. The Kier molecular flexibility index (Phi) is 6.40. The Bertz CT molecular complexity index is 1140. The lowest BCUT2D eigenvalue weighted by Gasteiger charge is -2.31. The zero-order chi connectivity index (χ0) is 22.9. The Hall–Kier alpha value is -2.64. The molecule has 0 saturated carbocycles. The highest BCUT2D eigenvalue weighted by molar-refractivity contribution is 6.35. The number of furan rings is 1. The molecule has 4 rings (SSSR count). The Balaban J connectivity index is 1.63. The molecule has 2 aromatic carbocycles. The van der Waals surface area contributed by atoms with Gasteiger partial charge in [-0.2, -0.15) is 13.2 Å². The third kappa shape index (κ3) is 4.89. The summed E-state index contributed by atoms with van der Waals surface area (Å²) in [6, 6.07) is 11.2. The molecule has 3 aromatic rings. The van der Waals surface area contributed by atoms with Crippen LogP contribution in [0.15, 0.2) is 52.9 Å². The molecule has 0 spiro atoms. The monoisotopic (exact) mass is 482 g/mol. The predicted octanol–water partition coefficient (Wildman–Crippen LogP) is 7.51. The van der Waals surface area contributed by atoms with Gasteiger partial charge >= 0.3 is 6.18 Å². The quantitative estimate of drug-likeness (QED) is 0.418. The third-order valence-electron chi connectivity index (χ3n) is 5.29. The first-order valence-electron chi connectivity index (χ1n) is 10.1. The first-order chi connectivity index (χ1) is 15.2. The molecule has 168 valence electrons. The number of halogens is 5. The van der Waals surface area contributed by atoms with Gasteiger partial charge in [0.05, 0.1) is 22.0 Å². The number of nitrogens with one attached hydrogen (secondary N) is 1. The van der Waals surface area contributed by atoms with Gasteiger partial charge in [-0.25, -0.2) is 0 Å². The second kappa shape index (κ2) is 9.08. The van der Waals surface area contributed by atoms with Gasteiger partial charge in [0.15, 0.2) is 5.76 Å². The van der Waals surface area contributed by atoms with Crippen molar-refractivity contribution in [3.8, 4) is 11.3 Å². The van der Waals surface area contributed by atoms with Gasteiger partial charge in [-0.1, -0.05) is 23.2 Å². The molecule has 1 N–H and O–H groups in total. The van der Waals surface area contributed by atoms with Crippen LogP contribution >= 0.6 is 23.2 Å². The molecule has 1 aliphatic rings. The summed E-state index contributed by atoms with van der Waals surface area (Å²) in [5.74, 6) is -0.395. The normalized spacial score (nSPS) is 14.5. The molecule has 0 unspecified atom stereocenters. The van der Waals surface area contributed by atoms with E-state index in [2.05, 4.69) is 5.32 Å². The number of carbonyl (C=O) groups is 1. The summed E-state index contributed by atoms with van der Waals surface area (Å²) in [7, 11) is 0. The summed E-state index contributed by atoms with van der Waals surface area (Å²) in [6.45, 7) is 1.43.